The van der Waals surface area contributed by atoms with E-state index in [1.165, 1.54) is 5.52 Å². The van der Waals surface area contributed by atoms with Gasteiger partial charge < -0.3 is 4.57 Å². The molecule has 2 nitrogen and oxygen atoms in total. The van der Waals surface area contributed by atoms with Crippen molar-refractivity contribution in [3.8, 4) is 0 Å². The van der Waals surface area contributed by atoms with Gasteiger partial charge in [0.05, 0.1) is 11.0 Å². The maximum Gasteiger partial charge on any atom is 0.110 e. The third-order valence-corrected chi connectivity index (χ3v) is 3.51. The number of aromatic nitrogens is 2. The summed E-state index contributed by atoms with van der Waals surface area (Å²) < 4.78 is 2.31. The van der Waals surface area contributed by atoms with Crippen LogP contribution in [-0.2, 0) is 13.0 Å². The fourth-order valence-electron chi connectivity index (χ4n) is 2.08. The van der Waals surface area contributed by atoms with E-state index in [4.69, 9.17) is 11.6 Å². The summed E-state index contributed by atoms with van der Waals surface area (Å²) in [4.78, 5) is 4.67. The monoisotopic (exact) mass is 282 g/mol. The average Bonchev–Trinajstić information content (AvgIpc) is 2.63. The maximum atomic E-state index is 6.02. The molecule has 1 heterocycles. The van der Waals surface area contributed by atoms with Crippen molar-refractivity contribution in [2.75, 3.05) is 5.75 Å². The van der Waals surface area contributed by atoms with E-state index in [-0.39, 0.29) is 0 Å². The molecule has 0 saturated carbocycles. The number of hydrogen-bond donors (Lipinski definition) is 1. The van der Waals surface area contributed by atoms with E-state index < -0.39 is 0 Å². The van der Waals surface area contributed by atoms with E-state index in [9.17, 15) is 0 Å². The minimum absolute atomic E-state index is 0.693. The molecule has 2 rings (SSSR count). The number of halogens is 1. The van der Waals surface area contributed by atoms with Crippen LogP contribution in [0.1, 0.15) is 26.1 Å². The SMILES string of the molecule is CC(C)CCn1c(CCS)nc2cc(Cl)ccc21. The minimum Gasteiger partial charge on any atom is -0.328 e. The van der Waals surface area contributed by atoms with Crippen LogP contribution in [0.15, 0.2) is 18.2 Å². The molecule has 0 unspecified atom stereocenters. The van der Waals surface area contributed by atoms with Crippen LogP contribution in [-0.4, -0.2) is 15.3 Å². The molecule has 98 valence electrons. The van der Waals surface area contributed by atoms with Crippen molar-refractivity contribution in [1.29, 1.82) is 0 Å². The Bertz CT molecular complexity index is 534. The second-order valence-corrected chi connectivity index (χ2v) is 5.85. The summed E-state index contributed by atoms with van der Waals surface area (Å²) in [5.41, 5.74) is 2.17. The van der Waals surface area contributed by atoms with Gasteiger partial charge >= 0.3 is 0 Å². The molecule has 18 heavy (non-hydrogen) atoms. The Labute approximate surface area is 119 Å². The fourth-order valence-corrected chi connectivity index (χ4v) is 2.45. The summed E-state index contributed by atoms with van der Waals surface area (Å²) in [6.07, 6.45) is 2.06. The zero-order chi connectivity index (χ0) is 13.1. The number of hydrogen-bond acceptors (Lipinski definition) is 2. The molecule has 0 spiro atoms. The van der Waals surface area contributed by atoms with Gasteiger partial charge in [0.1, 0.15) is 5.82 Å². The predicted octanol–water partition coefficient (Wildman–Crippen LogP) is 4.21. The topological polar surface area (TPSA) is 17.8 Å². The highest BCUT2D eigenvalue weighted by Crippen LogP contribution is 2.22. The Kier molecular flexibility index (Phi) is 4.57. The number of thiol groups is 1. The van der Waals surface area contributed by atoms with Crippen LogP contribution in [0.5, 0.6) is 0 Å². The predicted molar refractivity (Wildman–Crippen MR) is 81.8 cm³/mol. The summed E-state index contributed by atoms with van der Waals surface area (Å²) in [5.74, 6) is 2.63. The third-order valence-electron chi connectivity index (χ3n) is 3.05. The first-order valence-corrected chi connectivity index (χ1v) is 7.38. The first kappa shape index (κ1) is 13.8. The quantitative estimate of drug-likeness (QED) is 0.814. The Morgan fingerprint density at radius 3 is 2.83 bits per heavy atom. The van der Waals surface area contributed by atoms with E-state index in [1.807, 2.05) is 12.1 Å². The average molecular weight is 283 g/mol. The highest BCUT2D eigenvalue weighted by molar-refractivity contribution is 7.80. The largest absolute Gasteiger partial charge is 0.328 e. The number of rotatable bonds is 5. The zero-order valence-corrected chi connectivity index (χ0v) is 12.5. The molecule has 0 aliphatic rings. The molecule has 0 aliphatic heterocycles. The molecule has 0 amide bonds. The van der Waals surface area contributed by atoms with E-state index in [0.29, 0.717) is 5.92 Å². The summed E-state index contributed by atoms with van der Waals surface area (Å²) >= 11 is 10.3. The minimum atomic E-state index is 0.693. The van der Waals surface area contributed by atoms with Crippen LogP contribution >= 0.6 is 24.2 Å². The maximum absolute atomic E-state index is 6.02. The first-order valence-electron chi connectivity index (χ1n) is 6.37. The van der Waals surface area contributed by atoms with Gasteiger partial charge in [-0.1, -0.05) is 25.4 Å². The number of benzene rings is 1. The second kappa shape index (κ2) is 5.98. The van der Waals surface area contributed by atoms with Gasteiger partial charge in [-0.05, 0) is 36.3 Å². The molecule has 1 aromatic heterocycles. The van der Waals surface area contributed by atoms with Crippen LogP contribution < -0.4 is 0 Å². The van der Waals surface area contributed by atoms with E-state index in [1.54, 1.807) is 0 Å². The van der Waals surface area contributed by atoms with Crippen LogP contribution in [0, 0.1) is 5.92 Å². The van der Waals surface area contributed by atoms with Gasteiger partial charge in [0.25, 0.3) is 0 Å². The third kappa shape index (κ3) is 3.01. The van der Waals surface area contributed by atoms with Crippen molar-refractivity contribution in [3.63, 3.8) is 0 Å². The van der Waals surface area contributed by atoms with Crippen LogP contribution in [0.3, 0.4) is 0 Å². The van der Waals surface area contributed by atoms with Gasteiger partial charge in [0.15, 0.2) is 0 Å². The highest BCUT2D eigenvalue weighted by atomic mass is 35.5. The molecular formula is C14H19ClN2S. The normalized spacial score (nSPS) is 11.6. The van der Waals surface area contributed by atoms with Crippen molar-refractivity contribution < 1.29 is 0 Å². The summed E-state index contributed by atoms with van der Waals surface area (Å²) in [6, 6.07) is 5.93. The lowest BCUT2D eigenvalue weighted by Gasteiger charge is -2.10. The molecule has 4 heteroatoms. The van der Waals surface area contributed by atoms with Crippen molar-refractivity contribution in [2.45, 2.75) is 33.2 Å². The van der Waals surface area contributed by atoms with Gasteiger partial charge in [-0.3, -0.25) is 0 Å². The van der Waals surface area contributed by atoms with Crippen molar-refractivity contribution >= 4 is 35.3 Å². The highest BCUT2D eigenvalue weighted by Gasteiger charge is 2.10. The van der Waals surface area contributed by atoms with Crippen LogP contribution in [0.4, 0.5) is 0 Å². The van der Waals surface area contributed by atoms with Gasteiger partial charge in [-0.15, -0.1) is 0 Å². The fraction of sp³-hybridized carbons (Fsp3) is 0.500. The summed E-state index contributed by atoms with van der Waals surface area (Å²) in [7, 11) is 0. The van der Waals surface area contributed by atoms with Gasteiger partial charge in [-0.2, -0.15) is 12.6 Å². The molecule has 2 aromatic rings. The molecular weight excluding hydrogens is 264 g/mol. The van der Waals surface area contributed by atoms with E-state index >= 15 is 0 Å². The van der Waals surface area contributed by atoms with E-state index in [2.05, 4.69) is 42.1 Å². The Morgan fingerprint density at radius 2 is 2.17 bits per heavy atom. The van der Waals surface area contributed by atoms with Gasteiger partial charge in [0, 0.05) is 18.0 Å². The number of aryl methyl sites for hydroxylation is 2. The first-order chi connectivity index (χ1) is 8.61. The lowest BCUT2D eigenvalue weighted by atomic mass is 10.1. The molecule has 1 aromatic carbocycles. The molecule has 0 N–H and O–H groups in total. The van der Waals surface area contributed by atoms with Crippen molar-refractivity contribution in [3.05, 3.63) is 29.0 Å². The smallest absolute Gasteiger partial charge is 0.110 e. The number of nitrogens with zero attached hydrogens (tertiary/aromatic N) is 2. The molecule has 0 aliphatic carbocycles. The van der Waals surface area contributed by atoms with Crippen LogP contribution in [0.2, 0.25) is 5.02 Å². The molecule has 0 saturated heterocycles. The lowest BCUT2D eigenvalue weighted by molar-refractivity contribution is 0.513. The number of fused-ring (bicyclic) bond motifs is 1. The Balaban J connectivity index is 2.41. The van der Waals surface area contributed by atoms with Gasteiger partial charge in [-0.25, -0.2) is 4.98 Å². The standard InChI is InChI=1S/C14H19ClN2S/c1-10(2)5-7-17-13-4-3-11(15)9-12(13)16-14(17)6-8-18/h3-4,9-10,18H,5-8H2,1-2H3. The van der Waals surface area contributed by atoms with Crippen LogP contribution in [0.25, 0.3) is 11.0 Å². The Morgan fingerprint density at radius 1 is 1.39 bits per heavy atom. The molecule has 0 fully saturated rings. The Hall–Kier alpha value is -0.670. The van der Waals surface area contributed by atoms with Gasteiger partial charge in [0.2, 0.25) is 0 Å². The van der Waals surface area contributed by atoms with E-state index in [0.717, 1.165) is 41.5 Å². The van der Waals surface area contributed by atoms with Crippen molar-refractivity contribution in [1.82, 2.24) is 9.55 Å². The summed E-state index contributed by atoms with van der Waals surface area (Å²) in [6.45, 7) is 5.50. The number of imidazole rings is 1. The summed E-state index contributed by atoms with van der Waals surface area (Å²) in [5, 5.41) is 0.744. The lowest BCUT2D eigenvalue weighted by Crippen LogP contribution is -2.06. The zero-order valence-electron chi connectivity index (χ0n) is 10.9. The molecule has 0 atom stereocenters. The molecule has 0 radical (unpaired) electrons. The second-order valence-electron chi connectivity index (χ2n) is 4.97. The van der Waals surface area contributed by atoms with Crippen molar-refractivity contribution in [2.24, 2.45) is 5.92 Å². The molecule has 0 bridgehead atoms.